The molecule has 6 heteroatoms. The van der Waals surface area contributed by atoms with Gasteiger partial charge in [0.25, 0.3) is 0 Å². The van der Waals surface area contributed by atoms with Crippen LogP contribution in [0.3, 0.4) is 0 Å². The van der Waals surface area contributed by atoms with Gasteiger partial charge in [-0.3, -0.25) is 0 Å². The Morgan fingerprint density at radius 2 is 1.92 bits per heavy atom. The first kappa shape index (κ1) is 9.79. The molecule has 1 rings (SSSR count). The number of nitrogens with zero attached hydrogens (tertiary/aromatic N) is 2. The minimum absolute atomic E-state index is 0.206. The van der Waals surface area contributed by atoms with Gasteiger partial charge in [0.1, 0.15) is 3.57 Å². The van der Waals surface area contributed by atoms with E-state index in [1.807, 2.05) is 22.6 Å². The average molecular weight is 300 g/mol. The van der Waals surface area contributed by atoms with Gasteiger partial charge in [0, 0.05) is 0 Å². The lowest BCUT2D eigenvalue weighted by Crippen LogP contribution is -1.98. The lowest BCUT2D eigenvalue weighted by Gasteiger charge is -2.04. The molecule has 0 atom stereocenters. The van der Waals surface area contributed by atoms with Crippen LogP contribution in [0.2, 0.25) is 5.15 Å². The maximum absolute atomic E-state index is 5.76. The molecular weight excluding hydrogens is 294 g/mol. The predicted octanol–water partition coefficient (Wildman–Crippen LogP) is 1.75. The standard InChI is InChI=1S/C6H6ClIN2O2/c1-11-5-3(8)4(7)9-6(10-5)12-2/h1-2H3. The van der Waals surface area contributed by atoms with Gasteiger partial charge >= 0.3 is 6.01 Å². The molecule has 0 saturated carbocycles. The molecule has 0 aliphatic rings. The molecule has 0 saturated heterocycles. The van der Waals surface area contributed by atoms with Gasteiger partial charge in [0.15, 0.2) is 5.15 Å². The summed E-state index contributed by atoms with van der Waals surface area (Å²) in [6.07, 6.45) is 0. The van der Waals surface area contributed by atoms with E-state index in [0.717, 1.165) is 0 Å². The van der Waals surface area contributed by atoms with Gasteiger partial charge in [-0.15, -0.1) is 0 Å². The molecule has 0 unspecified atom stereocenters. The molecule has 1 heterocycles. The summed E-state index contributed by atoms with van der Waals surface area (Å²) in [5, 5.41) is 0.333. The first-order valence-electron chi connectivity index (χ1n) is 3.00. The van der Waals surface area contributed by atoms with Crippen molar-refractivity contribution in [2.24, 2.45) is 0 Å². The van der Waals surface area contributed by atoms with Gasteiger partial charge in [0.05, 0.1) is 14.2 Å². The Morgan fingerprint density at radius 1 is 1.25 bits per heavy atom. The van der Waals surface area contributed by atoms with Gasteiger partial charge in [-0.25, -0.2) is 0 Å². The number of ether oxygens (including phenoxy) is 2. The van der Waals surface area contributed by atoms with Crippen molar-refractivity contribution in [3.8, 4) is 11.9 Å². The minimum Gasteiger partial charge on any atom is -0.480 e. The van der Waals surface area contributed by atoms with E-state index in [4.69, 9.17) is 21.1 Å². The number of hydrogen-bond acceptors (Lipinski definition) is 4. The summed E-state index contributed by atoms with van der Waals surface area (Å²) in [6.45, 7) is 0. The van der Waals surface area contributed by atoms with Crippen LogP contribution in [0.25, 0.3) is 0 Å². The highest BCUT2D eigenvalue weighted by atomic mass is 127. The summed E-state index contributed by atoms with van der Waals surface area (Å²) in [5.41, 5.74) is 0. The maximum atomic E-state index is 5.76. The van der Waals surface area contributed by atoms with Crippen LogP contribution in [-0.2, 0) is 0 Å². The zero-order chi connectivity index (χ0) is 9.14. The SMILES string of the molecule is COc1nc(Cl)c(I)c(OC)n1. The van der Waals surface area contributed by atoms with Crippen LogP contribution in [0.4, 0.5) is 0 Å². The third-order valence-corrected chi connectivity index (χ3v) is 2.70. The second-order valence-electron chi connectivity index (χ2n) is 1.82. The Hall–Kier alpha value is -0.300. The van der Waals surface area contributed by atoms with Gasteiger partial charge in [-0.05, 0) is 22.6 Å². The fraction of sp³-hybridized carbons (Fsp3) is 0.333. The molecule has 0 N–H and O–H groups in total. The molecule has 0 radical (unpaired) electrons. The third-order valence-electron chi connectivity index (χ3n) is 1.14. The van der Waals surface area contributed by atoms with E-state index >= 15 is 0 Å². The molecule has 66 valence electrons. The largest absolute Gasteiger partial charge is 0.480 e. The Kier molecular flexibility index (Phi) is 3.33. The van der Waals surface area contributed by atoms with Crippen molar-refractivity contribution < 1.29 is 9.47 Å². The van der Waals surface area contributed by atoms with E-state index in [-0.39, 0.29) is 6.01 Å². The summed E-state index contributed by atoms with van der Waals surface area (Å²) in [5.74, 6) is 0.424. The van der Waals surface area contributed by atoms with Gasteiger partial charge in [-0.2, -0.15) is 9.97 Å². The summed E-state index contributed by atoms with van der Waals surface area (Å²) in [7, 11) is 2.98. The summed E-state index contributed by atoms with van der Waals surface area (Å²) < 4.78 is 10.4. The van der Waals surface area contributed by atoms with E-state index in [2.05, 4.69) is 9.97 Å². The maximum Gasteiger partial charge on any atom is 0.320 e. The summed E-state index contributed by atoms with van der Waals surface area (Å²) in [6, 6.07) is 0.206. The van der Waals surface area contributed by atoms with Crippen molar-refractivity contribution in [1.29, 1.82) is 0 Å². The van der Waals surface area contributed by atoms with Crippen molar-refractivity contribution in [1.82, 2.24) is 9.97 Å². The minimum atomic E-state index is 0.206. The van der Waals surface area contributed by atoms with Crippen molar-refractivity contribution in [3.63, 3.8) is 0 Å². The Labute approximate surface area is 88.4 Å². The van der Waals surface area contributed by atoms with Crippen LogP contribution >= 0.6 is 34.2 Å². The van der Waals surface area contributed by atoms with Crippen molar-refractivity contribution >= 4 is 34.2 Å². The van der Waals surface area contributed by atoms with E-state index in [9.17, 15) is 0 Å². The highest BCUT2D eigenvalue weighted by Crippen LogP contribution is 2.26. The monoisotopic (exact) mass is 300 g/mol. The molecular formula is C6H6ClIN2O2. The molecule has 0 fully saturated rings. The molecule has 0 aliphatic heterocycles. The topological polar surface area (TPSA) is 44.2 Å². The van der Waals surface area contributed by atoms with Gasteiger partial charge < -0.3 is 9.47 Å². The smallest absolute Gasteiger partial charge is 0.320 e. The second-order valence-corrected chi connectivity index (χ2v) is 3.26. The average Bonchev–Trinajstić information content (AvgIpc) is 2.09. The van der Waals surface area contributed by atoms with Crippen LogP contribution in [0.5, 0.6) is 11.9 Å². The summed E-state index contributed by atoms with van der Waals surface area (Å²) >= 11 is 7.76. The lowest BCUT2D eigenvalue weighted by atomic mass is 10.6. The Bertz CT molecular complexity index is 295. The molecule has 0 bridgehead atoms. The third kappa shape index (κ3) is 1.89. The molecule has 4 nitrogen and oxygen atoms in total. The normalized spacial score (nSPS) is 9.67. The fourth-order valence-corrected chi connectivity index (χ4v) is 1.22. The first-order chi connectivity index (χ1) is 5.69. The first-order valence-corrected chi connectivity index (χ1v) is 4.45. The highest BCUT2D eigenvalue weighted by molar-refractivity contribution is 14.1. The predicted molar refractivity (Wildman–Crippen MR) is 52.9 cm³/mol. The van der Waals surface area contributed by atoms with Crippen LogP contribution in [0, 0.1) is 3.57 Å². The van der Waals surface area contributed by atoms with Crippen LogP contribution in [0.15, 0.2) is 0 Å². The van der Waals surface area contributed by atoms with Crippen LogP contribution < -0.4 is 9.47 Å². The lowest BCUT2D eigenvalue weighted by molar-refractivity contribution is 0.350. The molecule has 12 heavy (non-hydrogen) atoms. The van der Waals surface area contributed by atoms with Crippen molar-refractivity contribution in [2.75, 3.05) is 14.2 Å². The van der Waals surface area contributed by atoms with E-state index in [1.54, 1.807) is 0 Å². The fourth-order valence-electron chi connectivity index (χ4n) is 0.609. The Morgan fingerprint density at radius 3 is 2.42 bits per heavy atom. The number of hydrogen-bond donors (Lipinski definition) is 0. The van der Waals surface area contributed by atoms with Crippen molar-refractivity contribution in [2.45, 2.75) is 0 Å². The number of aromatic nitrogens is 2. The molecule has 0 aromatic carbocycles. The summed E-state index contributed by atoms with van der Waals surface area (Å²) in [4.78, 5) is 7.77. The van der Waals surface area contributed by atoms with Crippen molar-refractivity contribution in [3.05, 3.63) is 8.72 Å². The number of rotatable bonds is 2. The molecule has 0 spiro atoms. The van der Waals surface area contributed by atoms with E-state index in [1.165, 1.54) is 14.2 Å². The number of halogens is 2. The zero-order valence-electron chi connectivity index (χ0n) is 6.47. The molecule has 0 amide bonds. The van der Waals surface area contributed by atoms with E-state index < -0.39 is 0 Å². The van der Waals surface area contributed by atoms with Gasteiger partial charge in [-0.1, -0.05) is 11.6 Å². The van der Waals surface area contributed by atoms with Crippen LogP contribution in [-0.4, -0.2) is 24.2 Å². The number of methoxy groups -OCH3 is 2. The molecule has 0 aliphatic carbocycles. The van der Waals surface area contributed by atoms with Crippen LogP contribution in [0.1, 0.15) is 0 Å². The van der Waals surface area contributed by atoms with Gasteiger partial charge in [0.2, 0.25) is 5.88 Å². The second kappa shape index (κ2) is 4.08. The quantitative estimate of drug-likeness (QED) is 0.616. The zero-order valence-corrected chi connectivity index (χ0v) is 9.38. The molecule has 1 aromatic heterocycles. The molecule has 1 aromatic rings. The van der Waals surface area contributed by atoms with E-state index in [0.29, 0.717) is 14.6 Å². The Balaban J connectivity index is 3.19. The highest BCUT2D eigenvalue weighted by Gasteiger charge is 2.10.